The standard InChI is InChI=1S/C14H18N2O3.C2H6/c1-9-8-16(13(17)19-14(2,3)4)10-6-7-11(18-5)15-12(9)10;1-2/h6-8H,1-5H3;1-2H3. The maximum Gasteiger partial charge on any atom is 0.419 e. The Balaban J connectivity index is 0.00000106. The monoisotopic (exact) mass is 292 g/mol. The Bertz CT molecular complexity index is 624. The van der Waals surface area contributed by atoms with Crippen molar-refractivity contribution >= 4 is 17.1 Å². The fraction of sp³-hybridized carbons (Fsp3) is 0.500. The van der Waals surface area contributed by atoms with Crippen LogP contribution in [0.4, 0.5) is 4.79 Å². The highest BCUT2D eigenvalue weighted by Crippen LogP contribution is 2.23. The van der Waals surface area contributed by atoms with E-state index in [2.05, 4.69) is 4.98 Å². The molecule has 0 saturated heterocycles. The molecule has 5 nitrogen and oxygen atoms in total. The van der Waals surface area contributed by atoms with Crippen molar-refractivity contribution < 1.29 is 14.3 Å². The zero-order valence-electron chi connectivity index (χ0n) is 13.9. The molecule has 0 aliphatic rings. The number of aryl methyl sites for hydroxylation is 1. The number of carbonyl (C=O) groups is 1. The number of rotatable bonds is 1. The maximum absolute atomic E-state index is 12.1. The zero-order chi connectivity index (χ0) is 16.2. The summed E-state index contributed by atoms with van der Waals surface area (Å²) in [6, 6.07) is 3.53. The molecular weight excluding hydrogens is 268 g/mol. The van der Waals surface area contributed by atoms with Gasteiger partial charge >= 0.3 is 6.09 Å². The van der Waals surface area contributed by atoms with Gasteiger partial charge in [-0.05, 0) is 39.3 Å². The summed E-state index contributed by atoms with van der Waals surface area (Å²) in [5.74, 6) is 0.525. The Hall–Kier alpha value is -2.04. The second kappa shape index (κ2) is 6.61. The molecule has 0 saturated carbocycles. The Morgan fingerprint density at radius 1 is 1.24 bits per heavy atom. The van der Waals surface area contributed by atoms with Gasteiger partial charge in [0.2, 0.25) is 5.88 Å². The van der Waals surface area contributed by atoms with Crippen LogP contribution in [0, 0.1) is 6.92 Å². The van der Waals surface area contributed by atoms with E-state index in [1.807, 2.05) is 41.5 Å². The van der Waals surface area contributed by atoms with Gasteiger partial charge in [0.25, 0.3) is 0 Å². The van der Waals surface area contributed by atoms with E-state index in [-0.39, 0.29) is 0 Å². The topological polar surface area (TPSA) is 53.4 Å². The zero-order valence-corrected chi connectivity index (χ0v) is 13.9. The van der Waals surface area contributed by atoms with Gasteiger partial charge in [-0.3, -0.25) is 4.57 Å². The van der Waals surface area contributed by atoms with Crippen LogP contribution in [0.25, 0.3) is 11.0 Å². The summed E-state index contributed by atoms with van der Waals surface area (Å²) < 4.78 is 11.9. The van der Waals surface area contributed by atoms with E-state index in [1.165, 1.54) is 4.57 Å². The molecule has 0 aliphatic heterocycles. The average molecular weight is 292 g/mol. The van der Waals surface area contributed by atoms with Crippen LogP contribution in [0.1, 0.15) is 40.2 Å². The molecule has 0 bridgehead atoms. The summed E-state index contributed by atoms with van der Waals surface area (Å²) in [4.78, 5) is 16.5. The number of nitrogens with zero attached hydrogens (tertiary/aromatic N) is 2. The van der Waals surface area contributed by atoms with Crippen molar-refractivity contribution in [2.24, 2.45) is 0 Å². The molecule has 2 aromatic heterocycles. The molecule has 0 amide bonds. The molecule has 0 aromatic carbocycles. The molecule has 5 heteroatoms. The van der Waals surface area contributed by atoms with Gasteiger partial charge in [0.15, 0.2) is 0 Å². The minimum Gasteiger partial charge on any atom is -0.481 e. The Morgan fingerprint density at radius 2 is 1.86 bits per heavy atom. The van der Waals surface area contributed by atoms with Gasteiger partial charge in [-0.25, -0.2) is 9.78 Å². The lowest BCUT2D eigenvalue weighted by molar-refractivity contribution is 0.0544. The molecule has 0 unspecified atom stereocenters. The van der Waals surface area contributed by atoms with Crippen LogP contribution in [0.2, 0.25) is 0 Å². The largest absolute Gasteiger partial charge is 0.481 e. The molecule has 0 atom stereocenters. The summed E-state index contributed by atoms with van der Waals surface area (Å²) in [6.07, 6.45) is 1.32. The van der Waals surface area contributed by atoms with Gasteiger partial charge < -0.3 is 9.47 Å². The minimum absolute atomic E-state index is 0.405. The van der Waals surface area contributed by atoms with Gasteiger partial charge in [0.1, 0.15) is 5.60 Å². The average Bonchev–Trinajstić information content (AvgIpc) is 2.76. The van der Waals surface area contributed by atoms with Crippen molar-refractivity contribution in [3.63, 3.8) is 0 Å². The summed E-state index contributed by atoms with van der Waals surface area (Å²) in [6.45, 7) is 11.4. The first-order valence-electron chi connectivity index (χ1n) is 7.08. The Morgan fingerprint density at radius 3 is 2.38 bits per heavy atom. The first kappa shape index (κ1) is 17.0. The number of carbonyl (C=O) groups excluding carboxylic acids is 1. The third-order valence-corrected chi connectivity index (χ3v) is 2.60. The smallest absolute Gasteiger partial charge is 0.419 e. The van der Waals surface area contributed by atoms with Crippen molar-refractivity contribution in [2.45, 2.75) is 47.1 Å². The van der Waals surface area contributed by atoms with E-state index in [9.17, 15) is 4.79 Å². The number of hydrogen-bond acceptors (Lipinski definition) is 4. The highest BCUT2D eigenvalue weighted by atomic mass is 16.6. The second-order valence-corrected chi connectivity index (χ2v) is 5.38. The molecule has 21 heavy (non-hydrogen) atoms. The summed E-state index contributed by atoms with van der Waals surface area (Å²) >= 11 is 0. The number of aromatic nitrogens is 2. The normalized spacial score (nSPS) is 10.8. The molecule has 2 rings (SSSR count). The highest BCUT2D eigenvalue weighted by Gasteiger charge is 2.20. The van der Waals surface area contributed by atoms with Crippen molar-refractivity contribution in [3.05, 3.63) is 23.9 Å². The van der Waals surface area contributed by atoms with Gasteiger partial charge in [-0.15, -0.1) is 0 Å². The van der Waals surface area contributed by atoms with Crippen LogP contribution in [0.3, 0.4) is 0 Å². The highest BCUT2D eigenvalue weighted by molar-refractivity contribution is 5.89. The third-order valence-electron chi connectivity index (χ3n) is 2.60. The number of pyridine rings is 1. The van der Waals surface area contributed by atoms with Crippen LogP contribution in [0.5, 0.6) is 5.88 Å². The van der Waals surface area contributed by atoms with Crippen molar-refractivity contribution in [2.75, 3.05) is 7.11 Å². The third kappa shape index (κ3) is 3.97. The van der Waals surface area contributed by atoms with E-state index >= 15 is 0 Å². The molecule has 0 spiro atoms. The van der Waals surface area contributed by atoms with E-state index < -0.39 is 11.7 Å². The Kier molecular flexibility index (Phi) is 5.35. The molecule has 116 valence electrons. The SMILES string of the molecule is CC.COc1ccc2c(n1)c(C)cn2C(=O)OC(C)(C)C. The van der Waals surface area contributed by atoms with E-state index in [4.69, 9.17) is 9.47 Å². The number of methoxy groups -OCH3 is 1. The van der Waals surface area contributed by atoms with Crippen molar-refractivity contribution in [1.29, 1.82) is 0 Å². The van der Waals surface area contributed by atoms with Crippen LogP contribution in [-0.2, 0) is 4.74 Å². The molecule has 0 radical (unpaired) electrons. The van der Waals surface area contributed by atoms with Crippen molar-refractivity contribution in [3.8, 4) is 5.88 Å². The first-order valence-corrected chi connectivity index (χ1v) is 7.08. The van der Waals surface area contributed by atoms with E-state index in [1.54, 1.807) is 25.4 Å². The van der Waals surface area contributed by atoms with Gasteiger partial charge in [0, 0.05) is 12.3 Å². The molecule has 0 fully saturated rings. The Labute approximate surface area is 125 Å². The van der Waals surface area contributed by atoms with Crippen LogP contribution in [-0.4, -0.2) is 28.4 Å². The molecule has 2 heterocycles. The summed E-state index contributed by atoms with van der Waals surface area (Å²) in [5, 5.41) is 0. The van der Waals surface area contributed by atoms with Crippen LogP contribution >= 0.6 is 0 Å². The predicted molar refractivity (Wildman–Crippen MR) is 84.0 cm³/mol. The molecular formula is C16H24N2O3. The lowest BCUT2D eigenvalue weighted by Crippen LogP contribution is -2.26. The number of ether oxygens (including phenoxy) is 2. The first-order chi connectivity index (χ1) is 9.81. The quantitative estimate of drug-likeness (QED) is 0.792. The lowest BCUT2D eigenvalue weighted by atomic mass is 10.2. The molecule has 0 N–H and O–H groups in total. The predicted octanol–water partition coefficient (Wildman–Crippen LogP) is 4.16. The lowest BCUT2D eigenvalue weighted by Gasteiger charge is -2.19. The van der Waals surface area contributed by atoms with Gasteiger partial charge in [0.05, 0.1) is 18.1 Å². The molecule has 0 aliphatic carbocycles. The van der Waals surface area contributed by atoms with Crippen LogP contribution < -0.4 is 4.74 Å². The van der Waals surface area contributed by atoms with Crippen LogP contribution in [0.15, 0.2) is 18.3 Å². The summed E-state index contributed by atoms with van der Waals surface area (Å²) in [7, 11) is 1.56. The summed E-state index contributed by atoms with van der Waals surface area (Å²) in [5.41, 5.74) is 1.83. The van der Waals surface area contributed by atoms with E-state index in [0.717, 1.165) is 11.1 Å². The van der Waals surface area contributed by atoms with Gasteiger partial charge in [-0.1, -0.05) is 13.8 Å². The van der Waals surface area contributed by atoms with Gasteiger partial charge in [-0.2, -0.15) is 0 Å². The fourth-order valence-corrected chi connectivity index (χ4v) is 1.82. The number of hydrogen-bond donors (Lipinski definition) is 0. The fourth-order valence-electron chi connectivity index (χ4n) is 1.82. The second-order valence-electron chi connectivity index (χ2n) is 5.38. The van der Waals surface area contributed by atoms with Crippen molar-refractivity contribution in [1.82, 2.24) is 9.55 Å². The number of fused-ring (bicyclic) bond motifs is 1. The molecule has 2 aromatic rings. The minimum atomic E-state index is -0.526. The van der Waals surface area contributed by atoms with E-state index in [0.29, 0.717) is 11.4 Å². The maximum atomic E-state index is 12.1.